The summed E-state index contributed by atoms with van der Waals surface area (Å²) in [6.07, 6.45) is 2.75. The summed E-state index contributed by atoms with van der Waals surface area (Å²) < 4.78 is 0. The molecule has 0 unspecified atom stereocenters. The number of halogens is 2. The lowest BCUT2D eigenvalue weighted by molar-refractivity contribution is -0.129. The Morgan fingerprint density at radius 3 is 2.59 bits per heavy atom. The van der Waals surface area contributed by atoms with E-state index in [0.717, 1.165) is 19.3 Å². The first kappa shape index (κ1) is 12.7. The number of carbonyl (C=O) groups is 1. The highest BCUT2D eigenvalue weighted by atomic mass is 35.5. The Kier molecular flexibility index (Phi) is 3.61. The van der Waals surface area contributed by atoms with Crippen molar-refractivity contribution in [2.45, 2.75) is 19.3 Å². The molecule has 1 amide bonds. The Morgan fingerprint density at radius 2 is 2.12 bits per heavy atom. The van der Waals surface area contributed by atoms with Crippen LogP contribution in [0.3, 0.4) is 0 Å². The fourth-order valence-corrected chi connectivity index (χ4v) is 2.43. The van der Waals surface area contributed by atoms with Crippen molar-refractivity contribution >= 4 is 34.8 Å². The molecule has 1 aromatic carbocycles. The van der Waals surface area contributed by atoms with Crippen LogP contribution in [0, 0.1) is 5.41 Å². The molecule has 0 heterocycles. The van der Waals surface area contributed by atoms with Gasteiger partial charge in [0.2, 0.25) is 5.91 Å². The third-order valence-corrected chi connectivity index (χ3v) is 3.91. The van der Waals surface area contributed by atoms with Crippen molar-refractivity contribution in [3.8, 4) is 0 Å². The summed E-state index contributed by atoms with van der Waals surface area (Å²) >= 11 is 11.8. The molecule has 0 atom stereocenters. The van der Waals surface area contributed by atoms with Crippen LogP contribution >= 0.6 is 23.2 Å². The Bertz CT molecular complexity index is 439. The van der Waals surface area contributed by atoms with Crippen LogP contribution in [0.25, 0.3) is 0 Å². The second kappa shape index (κ2) is 4.84. The topological polar surface area (TPSA) is 55.1 Å². The van der Waals surface area contributed by atoms with E-state index in [4.69, 9.17) is 28.9 Å². The number of hydrogen-bond acceptors (Lipinski definition) is 2. The molecule has 0 radical (unpaired) electrons. The molecule has 17 heavy (non-hydrogen) atoms. The summed E-state index contributed by atoms with van der Waals surface area (Å²) in [7, 11) is 0. The minimum atomic E-state index is -0.400. The third-order valence-electron chi connectivity index (χ3n) is 3.36. The molecule has 1 aromatic rings. The van der Waals surface area contributed by atoms with Crippen molar-refractivity contribution in [3.63, 3.8) is 0 Å². The van der Waals surface area contributed by atoms with Crippen LogP contribution in [0.5, 0.6) is 0 Å². The molecule has 0 saturated heterocycles. The van der Waals surface area contributed by atoms with Gasteiger partial charge in [-0.25, -0.2) is 0 Å². The number of rotatable bonds is 3. The molecule has 1 aliphatic carbocycles. The van der Waals surface area contributed by atoms with Gasteiger partial charge in [0.05, 0.1) is 16.1 Å². The van der Waals surface area contributed by atoms with Crippen LogP contribution in [0.2, 0.25) is 10.0 Å². The van der Waals surface area contributed by atoms with Crippen molar-refractivity contribution in [3.05, 3.63) is 28.2 Å². The van der Waals surface area contributed by atoms with E-state index in [2.05, 4.69) is 5.32 Å². The van der Waals surface area contributed by atoms with Gasteiger partial charge < -0.3 is 11.1 Å². The highest BCUT2D eigenvalue weighted by Crippen LogP contribution is 2.41. The van der Waals surface area contributed by atoms with Gasteiger partial charge in [0.15, 0.2) is 0 Å². The molecule has 0 spiro atoms. The minimum Gasteiger partial charge on any atom is -0.329 e. The average molecular weight is 273 g/mol. The Balaban J connectivity index is 2.13. The van der Waals surface area contributed by atoms with E-state index in [9.17, 15) is 4.79 Å². The highest BCUT2D eigenvalue weighted by molar-refractivity contribution is 6.36. The SMILES string of the molecule is NCC1(C(=O)Nc2ccc(Cl)cc2Cl)CCC1. The van der Waals surface area contributed by atoms with Crippen molar-refractivity contribution in [1.29, 1.82) is 0 Å². The fraction of sp³-hybridized carbons (Fsp3) is 0.417. The standard InChI is InChI=1S/C12H14Cl2N2O/c13-8-2-3-10(9(14)6-8)16-11(17)12(7-15)4-1-5-12/h2-3,6H,1,4-5,7,15H2,(H,16,17). The number of hydrogen-bond donors (Lipinski definition) is 2. The molecular weight excluding hydrogens is 259 g/mol. The van der Waals surface area contributed by atoms with E-state index in [1.54, 1.807) is 18.2 Å². The predicted octanol–water partition coefficient (Wildman–Crippen LogP) is 3.06. The lowest BCUT2D eigenvalue weighted by Gasteiger charge is -2.39. The monoisotopic (exact) mass is 272 g/mol. The van der Waals surface area contributed by atoms with Gasteiger partial charge in [-0.15, -0.1) is 0 Å². The van der Waals surface area contributed by atoms with Crippen LogP contribution in [0.4, 0.5) is 5.69 Å². The Labute approximate surface area is 110 Å². The molecule has 1 aliphatic rings. The molecule has 3 N–H and O–H groups in total. The second-order valence-electron chi connectivity index (χ2n) is 4.42. The minimum absolute atomic E-state index is 0.0459. The van der Waals surface area contributed by atoms with Gasteiger partial charge in [0.25, 0.3) is 0 Å². The van der Waals surface area contributed by atoms with Crippen molar-refractivity contribution in [2.75, 3.05) is 11.9 Å². The van der Waals surface area contributed by atoms with Crippen LogP contribution < -0.4 is 11.1 Å². The molecule has 0 aliphatic heterocycles. The number of nitrogens with two attached hydrogens (primary N) is 1. The van der Waals surface area contributed by atoms with E-state index in [1.165, 1.54) is 0 Å². The number of anilines is 1. The van der Waals surface area contributed by atoms with Crippen LogP contribution in [-0.2, 0) is 4.79 Å². The first-order chi connectivity index (χ1) is 8.07. The summed E-state index contributed by atoms with van der Waals surface area (Å²) in [5.41, 5.74) is 5.85. The number of nitrogens with one attached hydrogen (secondary N) is 1. The van der Waals surface area contributed by atoms with Crippen molar-refractivity contribution in [1.82, 2.24) is 0 Å². The lowest BCUT2D eigenvalue weighted by atomic mass is 9.68. The van der Waals surface area contributed by atoms with E-state index >= 15 is 0 Å². The molecule has 0 bridgehead atoms. The largest absolute Gasteiger partial charge is 0.329 e. The smallest absolute Gasteiger partial charge is 0.231 e. The molecular formula is C12H14Cl2N2O. The van der Waals surface area contributed by atoms with Gasteiger partial charge in [0.1, 0.15) is 0 Å². The normalized spacial score (nSPS) is 17.4. The fourth-order valence-electron chi connectivity index (χ4n) is 1.97. The zero-order valence-corrected chi connectivity index (χ0v) is 10.8. The molecule has 1 saturated carbocycles. The zero-order chi connectivity index (χ0) is 12.5. The highest BCUT2D eigenvalue weighted by Gasteiger charge is 2.42. The Morgan fingerprint density at radius 1 is 1.41 bits per heavy atom. The van der Waals surface area contributed by atoms with Crippen LogP contribution in [0.1, 0.15) is 19.3 Å². The molecule has 2 rings (SSSR count). The van der Waals surface area contributed by atoms with Gasteiger partial charge in [-0.1, -0.05) is 29.6 Å². The van der Waals surface area contributed by atoms with E-state index in [-0.39, 0.29) is 5.91 Å². The van der Waals surface area contributed by atoms with Gasteiger partial charge in [-0.2, -0.15) is 0 Å². The predicted molar refractivity (Wildman–Crippen MR) is 70.4 cm³/mol. The molecule has 0 aromatic heterocycles. The van der Waals surface area contributed by atoms with Gasteiger partial charge in [-0.3, -0.25) is 4.79 Å². The second-order valence-corrected chi connectivity index (χ2v) is 5.26. The summed E-state index contributed by atoms with van der Waals surface area (Å²) in [5, 5.41) is 3.81. The Hall–Kier alpha value is -0.770. The van der Waals surface area contributed by atoms with Crippen molar-refractivity contribution in [2.24, 2.45) is 11.1 Å². The summed E-state index contributed by atoms with van der Waals surface area (Å²) in [6.45, 7) is 0.379. The van der Waals surface area contributed by atoms with Gasteiger partial charge >= 0.3 is 0 Å². The molecule has 5 heteroatoms. The average Bonchev–Trinajstić information content (AvgIpc) is 2.21. The maximum atomic E-state index is 12.1. The van der Waals surface area contributed by atoms with Gasteiger partial charge in [-0.05, 0) is 31.0 Å². The number of benzene rings is 1. The van der Waals surface area contributed by atoms with Crippen LogP contribution in [-0.4, -0.2) is 12.5 Å². The number of amides is 1. The maximum absolute atomic E-state index is 12.1. The quantitative estimate of drug-likeness (QED) is 0.889. The first-order valence-electron chi connectivity index (χ1n) is 5.54. The van der Waals surface area contributed by atoms with E-state index in [0.29, 0.717) is 22.3 Å². The van der Waals surface area contributed by atoms with E-state index < -0.39 is 5.41 Å². The number of carbonyl (C=O) groups excluding carboxylic acids is 1. The third kappa shape index (κ3) is 2.41. The van der Waals surface area contributed by atoms with Gasteiger partial charge in [0, 0.05) is 11.6 Å². The zero-order valence-electron chi connectivity index (χ0n) is 9.30. The van der Waals surface area contributed by atoms with Crippen LogP contribution in [0.15, 0.2) is 18.2 Å². The summed E-state index contributed by atoms with van der Waals surface area (Å²) in [6, 6.07) is 5.00. The molecule has 92 valence electrons. The summed E-state index contributed by atoms with van der Waals surface area (Å²) in [4.78, 5) is 12.1. The van der Waals surface area contributed by atoms with E-state index in [1.807, 2.05) is 0 Å². The first-order valence-corrected chi connectivity index (χ1v) is 6.29. The molecule has 1 fully saturated rings. The molecule has 3 nitrogen and oxygen atoms in total. The maximum Gasteiger partial charge on any atom is 0.231 e. The lowest BCUT2D eigenvalue weighted by Crippen LogP contribution is -2.47. The van der Waals surface area contributed by atoms with Crippen molar-refractivity contribution < 1.29 is 4.79 Å². The summed E-state index contributed by atoms with van der Waals surface area (Å²) in [5.74, 6) is -0.0459.